The molecule has 2 aliphatic rings. The lowest BCUT2D eigenvalue weighted by Crippen LogP contribution is -2.54. The highest BCUT2D eigenvalue weighted by molar-refractivity contribution is 5.87. The zero-order valence-electron chi connectivity index (χ0n) is 14.6. The number of carbonyl (C=O) groups excluding carboxylic acids is 1. The molecule has 146 valence electrons. The van der Waals surface area contributed by atoms with Crippen LogP contribution in [0.5, 0.6) is 0 Å². The van der Waals surface area contributed by atoms with Crippen LogP contribution in [0.15, 0.2) is 18.3 Å². The number of halogens is 2. The molecule has 1 amide bonds. The molecular weight excluding hydrogens is 381 g/mol. The van der Waals surface area contributed by atoms with Crippen LogP contribution in [0.3, 0.4) is 0 Å². The van der Waals surface area contributed by atoms with E-state index in [1.54, 1.807) is 6.07 Å². The normalized spacial score (nSPS) is 24.5. The average molecular weight is 406 g/mol. The zero-order valence-corrected chi connectivity index (χ0v) is 16.3. The van der Waals surface area contributed by atoms with E-state index in [0.717, 1.165) is 38.8 Å². The molecule has 26 heavy (non-hydrogen) atoms. The Bertz CT molecular complexity index is 623. The Morgan fingerprint density at radius 1 is 1.50 bits per heavy atom. The van der Waals surface area contributed by atoms with E-state index in [1.165, 1.54) is 12.3 Å². The molecule has 0 aromatic carbocycles. The average Bonchev–Trinajstić information content (AvgIpc) is 3.24. The molecule has 10 heteroatoms. The summed E-state index contributed by atoms with van der Waals surface area (Å²) in [7, 11) is 0. The van der Waals surface area contributed by atoms with Crippen molar-refractivity contribution in [1.29, 1.82) is 0 Å². The minimum Gasteiger partial charge on any atom is -0.365 e. The van der Waals surface area contributed by atoms with Gasteiger partial charge in [0.05, 0.1) is 10.5 Å². The van der Waals surface area contributed by atoms with Gasteiger partial charge in [0, 0.05) is 25.2 Å². The van der Waals surface area contributed by atoms with Gasteiger partial charge in [0.15, 0.2) is 0 Å². The Kier molecular flexibility index (Phi) is 8.05. The highest BCUT2D eigenvalue weighted by Crippen LogP contribution is 2.27. The van der Waals surface area contributed by atoms with E-state index >= 15 is 0 Å². The van der Waals surface area contributed by atoms with E-state index in [-0.39, 0.29) is 48.0 Å². The summed E-state index contributed by atoms with van der Waals surface area (Å²) in [5, 5.41) is 17.3. The van der Waals surface area contributed by atoms with E-state index in [4.69, 9.17) is 0 Å². The molecule has 2 atom stereocenters. The van der Waals surface area contributed by atoms with Crippen LogP contribution in [0, 0.1) is 10.1 Å². The quantitative estimate of drug-likeness (QED) is 0.575. The number of amides is 1. The van der Waals surface area contributed by atoms with Crippen molar-refractivity contribution < 1.29 is 9.72 Å². The second kappa shape index (κ2) is 9.34. The fourth-order valence-corrected chi connectivity index (χ4v) is 3.60. The van der Waals surface area contributed by atoms with Crippen LogP contribution in [-0.2, 0) is 4.79 Å². The number of anilines is 1. The summed E-state index contributed by atoms with van der Waals surface area (Å²) in [5.41, 5.74) is -0.415. The summed E-state index contributed by atoms with van der Waals surface area (Å²) >= 11 is 0. The van der Waals surface area contributed by atoms with Gasteiger partial charge in [-0.3, -0.25) is 14.9 Å². The van der Waals surface area contributed by atoms with Crippen LogP contribution in [-0.4, -0.2) is 51.9 Å². The first-order valence-electron chi connectivity index (χ1n) is 8.45. The summed E-state index contributed by atoms with van der Waals surface area (Å²) in [4.78, 5) is 29.0. The van der Waals surface area contributed by atoms with Crippen LogP contribution in [0.1, 0.15) is 32.6 Å². The van der Waals surface area contributed by atoms with Gasteiger partial charge in [0.1, 0.15) is 12.0 Å². The molecule has 3 heterocycles. The van der Waals surface area contributed by atoms with Crippen LogP contribution < -0.4 is 10.6 Å². The predicted octanol–water partition coefficient (Wildman–Crippen LogP) is 2.38. The molecule has 3 rings (SSSR count). The van der Waals surface area contributed by atoms with Gasteiger partial charge in [-0.25, -0.2) is 4.98 Å². The molecule has 2 fully saturated rings. The number of carbonyl (C=O) groups is 1. The predicted molar refractivity (Wildman–Crippen MR) is 104 cm³/mol. The number of likely N-dealkylation sites (tertiary alicyclic amines) is 1. The monoisotopic (exact) mass is 405 g/mol. The molecule has 2 unspecified atom stereocenters. The van der Waals surface area contributed by atoms with Gasteiger partial charge in [-0.15, -0.1) is 24.8 Å². The Hall–Kier alpha value is -1.64. The van der Waals surface area contributed by atoms with Gasteiger partial charge in [0.2, 0.25) is 5.91 Å². The standard InChI is InChI=1S/C16H23N5O3.2ClH/c1-2-16(7-3-8-18-16)15(22)20-9-6-12(11-20)19-14-5-4-13(10-17-14)21(23)24;;/h4-5,10,12,18H,2-3,6-9,11H2,1H3,(H,17,19);2*1H. The van der Waals surface area contributed by atoms with E-state index in [2.05, 4.69) is 22.5 Å². The topological polar surface area (TPSA) is 100 Å². The first kappa shape index (κ1) is 22.4. The van der Waals surface area contributed by atoms with Crippen LogP contribution in [0.2, 0.25) is 0 Å². The minimum atomic E-state index is -0.467. The highest BCUT2D eigenvalue weighted by Gasteiger charge is 2.43. The maximum atomic E-state index is 12.9. The van der Waals surface area contributed by atoms with E-state index < -0.39 is 4.92 Å². The van der Waals surface area contributed by atoms with Crippen molar-refractivity contribution in [3.63, 3.8) is 0 Å². The molecule has 2 N–H and O–H groups in total. The van der Waals surface area contributed by atoms with Crippen LogP contribution >= 0.6 is 24.8 Å². The molecule has 0 radical (unpaired) electrons. The fraction of sp³-hybridized carbons (Fsp3) is 0.625. The largest absolute Gasteiger partial charge is 0.365 e. The Balaban J connectivity index is 0.00000169. The second-order valence-corrected chi connectivity index (χ2v) is 6.51. The minimum absolute atomic E-state index is 0. The molecule has 0 bridgehead atoms. The van der Waals surface area contributed by atoms with Crippen molar-refractivity contribution in [2.24, 2.45) is 0 Å². The Morgan fingerprint density at radius 2 is 2.27 bits per heavy atom. The van der Waals surface area contributed by atoms with Crippen LogP contribution in [0.25, 0.3) is 0 Å². The van der Waals surface area contributed by atoms with Crippen molar-refractivity contribution in [3.8, 4) is 0 Å². The summed E-state index contributed by atoms with van der Waals surface area (Å²) in [6.45, 7) is 4.33. The molecular formula is C16H25Cl2N5O3. The number of rotatable bonds is 5. The molecule has 8 nitrogen and oxygen atoms in total. The number of aromatic nitrogens is 1. The van der Waals surface area contributed by atoms with Crippen molar-refractivity contribution >= 4 is 42.2 Å². The number of nitrogens with zero attached hydrogens (tertiary/aromatic N) is 3. The number of nitrogens with one attached hydrogen (secondary N) is 2. The SMILES string of the molecule is CCC1(C(=O)N2CCC(Nc3ccc([N+](=O)[O-])cn3)C2)CCCN1.Cl.Cl. The van der Waals surface area contributed by atoms with Gasteiger partial charge in [-0.1, -0.05) is 6.92 Å². The smallest absolute Gasteiger partial charge is 0.287 e. The number of hydrogen-bond donors (Lipinski definition) is 2. The van der Waals surface area contributed by atoms with Gasteiger partial charge in [-0.2, -0.15) is 0 Å². The molecule has 0 spiro atoms. The van der Waals surface area contributed by atoms with Gasteiger partial charge in [-0.05, 0) is 38.3 Å². The zero-order chi connectivity index (χ0) is 17.2. The molecule has 0 saturated carbocycles. The first-order valence-corrected chi connectivity index (χ1v) is 8.45. The molecule has 2 saturated heterocycles. The maximum absolute atomic E-state index is 12.9. The summed E-state index contributed by atoms with van der Waals surface area (Å²) in [6.07, 6.45) is 4.85. The van der Waals surface area contributed by atoms with Gasteiger partial charge < -0.3 is 15.5 Å². The third-order valence-electron chi connectivity index (χ3n) is 5.04. The van der Waals surface area contributed by atoms with Crippen LogP contribution in [0.4, 0.5) is 11.5 Å². The van der Waals surface area contributed by atoms with Crippen molar-refractivity contribution in [1.82, 2.24) is 15.2 Å². The summed E-state index contributed by atoms with van der Waals surface area (Å²) in [5.74, 6) is 0.799. The Morgan fingerprint density at radius 3 is 2.81 bits per heavy atom. The van der Waals surface area contributed by atoms with Gasteiger partial charge >= 0.3 is 0 Å². The van der Waals surface area contributed by atoms with Crippen molar-refractivity contribution in [3.05, 3.63) is 28.4 Å². The lowest BCUT2D eigenvalue weighted by atomic mass is 9.92. The maximum Gasteiger partial charge on any atom is 0.287 e. The molecule has 2 aliphatic heterocycles. The lowest BCUT2D eigenvalue weighted by molar-refractivity contribution is -0.385. The summed E-state index contributed by atoms with van der Waals surface area (Å²) < 4.78 is 0. The summed E-state index contributed by atoms with van der Waals surface area (Å²) in [6, 6.07) is 3.16. The number of pyridine rings is 1. The molecule has 1 aromatic rings. The van der Waals surface area contributed by atoms with Crippen molar-refractivity contribution in [2.75, 3.05) is 25.0 Å². The second-order valence-electron chi connectivity index (χ2n) is 6.51. The first-order chi connectivity index (χ1) is 11.5. The third-order valence-corrected chi connectivity index (χ3v) is 5.04. The fourth-order valence-electron chi connectivity index (χ4n) is 3.60. The van der Waals surface area contributed by atoms with Gasteiger partial charge in [0.25, 0.3) is 5.69 Å². The molecule has 0 aliphatic carbocycles. The number of nitro groups is 1. The number of hydrogen-bond acceptors (Lipinski definition) is 6. The Labute approximate surface area is 165 Å². The highest BCUT2D eigenvalue weighted by atomic mass is 35.5. The molecule has 1 aromatic heterocycles. The van der Waals surface area contributed by atoms with E-state index in [0.29, 0.717) is 12.4 Å². The van der Waals surface area contributed by atoms with E-state index in [9.17, 15) is 14.9 Å². The van der Waals surface area contributed by atoms with Crippen molar-refractivity contribution in [2.45, 2.75) is 44.2 Å². The third kappa shape index (κ3) is 4.55. The lowest BCUT2D eigenvalue weighted by Gasteiger charge is -2.31. The van der Waals surface area contributed by atoms with E-state index in [1.807, 2.05) is 4.90 Å².